The van der Waals surface area contributed by atoms with Crippen LogP contribution in [0.1, 0.15) is 55.8 Å². The van der Waals surface area contributed by atoms with Crippen molar-refractivity contribution in [2.24, 2.45) is 0 Å². The number of aromatic hydroxyl groups is 1. The van der Waals surface area contributed by atoms with Gasteiger partial charge in [-0.15, -0.1) is 0 Å². The molecule has 7 nitrogen and oxygen atoms in total. The van der Waals surface area contributed by atoms with Crippen LogP contribution >= 0.6 is 11.8 Å². The molecule has 0 aliphatic rings. The van der Waals surface area contributed by atoms with E-state index in [-0.39, 0.29) is 35.9 Å². The number of thioether (sulfide) groups is 1. The molecular formula is C28H24N2O5S. The number of rotatable bonds is 8. The van der Waals surface area contributed by atoms with Crippen LogP contribution in [-0.4, -0.2) is 28.4 Å². The van der Waals surface area contributed by atoms with Gasteiger partial charge in [-0.3, -0.25) is 4.79 Å². The number of ketones is 1. The van der Waals surface area contributed by atoms with E-state index in [0.717, 1.165) is 5.56 Å². The molecule has 0 atom stereocenters. The van der Waals surface area contributed by atoms with Gasteiger partial charge in [-0.05, 0) is 50.1 Å². The van der Waals surface area contributed by atoms with Crippen LogP contribution in [0.5, 0.6) is 5.75 Å². The Morgan fingerprint density at radius 3 is 2.61 bits per heavy atom. The minimum Gasteiger partial charge on any atom is -0.508 e. The van der Waals surface area contributed by atoms with Crippen LogP contribution in [0.2, 0.25) is 0 Å². The van der Waals surface area contributed by atoms with Gasteiger partial charge < -0.3 is 14.3 Å². The lowest BCUT2D eigenvalue weighted by Crippen LogP contribution is -2.10. The summed E-state index contributed by atoms with van der Waals surface area (Å²) in [5.41, 5.74) is 3.78. The van der Waals surface area contributed by atoms with E-state index in [9.17, 15) is 20.0 Å². The van der Waals surface area contributed by atoms with Gasteiger partial charge in [0, 0.05) is 23.1 Å². The van der Waals surface area contributed by atoms with E-state index in [0.29, 0.717) is 44.1 Å². The number of carbonyl (C=O) groups excluding carboxylic acids is 2. The average molecular weight is 501 g/mol. The molecule has 0 radical (unpaired) electrons. The molecule has 2 aromatic carbocycles. The van der Waals surface area contributed by atoms with Crippen LogP contribution in [0.3, 0.4) is 0 Å². The Bertz CT molecular complexity index is 1500. The zero-order valence-electron chi connectivity index (χ0n) is 20.1. The summed E-state index contributed by atoms with van der Waals surface area (Å²) in [4.78, 5) is 30.1. The Morgan fingerprint density at radius 1 is 1.17 bits per heavy atom. The zero-order valence-corrected chi connectivity index (χ0v) is 20.9. The standard InChI is InChI=1S/C28H24N2O5S/c1-4-34-28(33)26-21-12-19(31)10-11-24(21)35-25(26)15-36-27-22(14-29)16(2)20(17(3)30-27)13-23(32)18-8-6-5-7-9-18/h5-12,31H,4,13,15H2,1-3H3. The second-order valence-electron chi connectivity index (χ2n) is 8.15. The minimum atomic E-state index is -0.548. The molecular weight excluding hydrogens is 476 g/mol. The highest BCUT2D eigenvalue weighted by Gasteiger charge is 2.24. The molecule has 4 rings (SSSR count). The van der Waals surface area contributed by atoms with Crippen molar-refractivity contribution in [3.8, 4) is 11.8 Å². The summed E-state index contributed by atoms with van der Waals surface area (Å²) in [6.45, 7) is 5.54. The van der Waals surface area contributed by atoms with Gasteiger partial charge in [0.1, 0.15) is 33.8 Å². The normalized spacial score (nSPS) is 10.8. The predicted molar refractivity (Wildman–Crippen MR) is 136 cm³/mol. The molecule has 0 saturated carbocycles. The fraction of sp³-hybridized carbons (Fsp3) is 0.214. The fourth-order valence-corrected chi connectivity index (χ4v) is 5.06. The number of pyridine rings is 1. The summed E-state index contributed by atoms with van der Waals surface area (Å²) < 4.78 is 11.1. The first-order valence-electron chi connectivity index (χ1n) is 11.4. The smallest absolute Gasteiger partial charge is 0.342 e. The Balaban J connectivity index is 1.66. The van der Waals surface area contributed by atoms with E-state index >= 15 is 0 Å². The molecule has 0 aliphatic carbocycles. The van der Waals surface area contributed by atoms with Crippen molar-refractivity contribution in [3.63, 3.8) is 0 Å². The number of nitrogens with zero attached hydrogens (tertiary/aromatic N) is 2. The van der Waals surface area contributed by atoms with Crippen molar-refractivity contribution < 1.29 is 23.8 Å². The quantitative estimate of drug-likeness (QED) is 0.180. The van der Waals surface area contributed by atoms with E-state index in [2.05, 4.69) is 11.1 Å². The predicted octanol–water partition coefficient (Wildman–Crippen LogP) is 5.92. The van der Waals surface area contributed by atoms with Gasteiger partial charge in [-0.2, -0.15) is 5.26 Å². The SMILES string of the molecule is CCOC(=O)c1c(CSc2nc(C)c(CC(=O)c3ccccc3)c(C)c2C#N)oc2ccc(O)cc12. The third kappa shape index (κ3) is 4.97. The van der Waals surface area contributed by atoms with Crippen LogP contribution in [0.4, 0.5) is 0 Å². The monoisotopic (exact) mass is 500 g/mol. The molecule has 36 heavy (non-hydrogen) atoms. The number of phenols is 1. The third-order valence-electron chi connectivity index (χ3n) is 5.86. The van der Waals surface area contributed by atoms with E-state index in [1.165, 1.54) is 23.9 Å². The van der Waals surface area contributed by atoms with Gasteiger partial charge in [0.2, 0.25) is 0 Å². The number of ether oxygens (including phenoxy) is 1. The lowest BCUT2D eigenvalue weighted by molar-refractivity contribution is 0.0526. The molecule has 0 fully saturated rings. The molecule has 2 aromatic heterocycles. The van der Waals surface area contributed by atoms with Crippen molar-refractivity contribution in [2.75, 3.05) is 6.61 Å². The Kier molecular flexibility index (Phi) is 7.41. The third-order valence-corrected chi connectivity index (χ3v) is 6.83. The summed E-state index contributed by atoms with van der Waals surface area (Å²) in [7, 11) is 0. The van der Waals surface area contributed by atoms with Crippen molar-refractivity contribution in [1.29, 1.82) is 5.26 Å². The molecule has 0 bridgehead atoms. The molecule has 4 aromatic rings. The second-order valence-corrected chi connectivity index (χ2v) is 9.11. The maximum Gasteiger partial charge on any atom is 0.342 e. The van der Waals surface area contributed by atoms with Crippen molar-refractivity contribution in [3.05, 3.63) is 87.8 Å². The van der Waals surface area contributed by atoms with Crippen LogP contribution in [0.15, 0.2) is 58.0 Å². The molecule has 0 amide bonds. The van der Waals surface area contributed by atoms with Gasteiger partial charge in [0.05, 0.1) is 17.9 Å². The summed E-state index contributed by atoms with van der Waals surface area (Å²) in [5, 5.41) is 20.8. The van der Waals surface area contributed by atoms with E-state index < -0.39 is 5.97 Å². The molecule has 8 heteroatoms. The highest BCUT2D eigenvalue weighted by molar-refractivity contribution is 7.98. The summed E-state index contributed by atoms with van der Waals surface area (Å²) >= 11 is 1.26. The number of furan rings is 1. The molecule has 1 N–H and O–H groups in total. The Labute approximate surface area is 212 Å². The number of esters is 1. The number of nitriles is 1. The first-order chi connectivity index (χ1) is 17.3. The summed E-state index contributed by atoms with van der Waals surface area (Å²) in [6.07, 6.45) is 0.147. The van der Waals surface area contributed by atoms with Crippen LogP contribution in [0.25, 0.3) is 11.0 Å². The Hall–Kier alpha value is -4.09. The number of carbonyl (C=O) groups is 2. The van der Waals surface area contributed by atoms with Gasteiger partial charge in [-0.25, -0.2) is 9.78 Å². The van der Waals surface area contributed by atoms with E-state index in [1.54, 1.807) is 25.1 Å². The highest BCUT2D eigenvalue weighted by Crippen LogP contribution is 2.35. The van der Waals surface area contributed by atoms with Crippen LogP contribution < -0.4 is 0 Å². The number of phenolic OH excluding ortho intramolecular Hbond substituents is 1. The molecule has 0 aliphatic heterocycles. The van der Waals surface area contributed by atoms with Gasteiger partial charge in [0.15, 0.2) is 5.78 Å². The topological polar surface area (TPSA) is 113 Å². The number of benzene rings is 2. The first-order valence-corrected chi connectivity index (χ1v) is 12.3. The molecule has 0 spiro atoms. The average Bonchev–Trinajstić information content (AvgIpc) is 3.23. The summed E-state index contributed by atoms with van der Waals surface area (Å²) in [6, 6.07) is 15.8. The first kappa shape index (κ1) is 25.0. The van der Waals surface area contributed by atoms with E-state index in [4.69, 9.17) is 9.15 Å². The number of aromatic nitrogens is 1. The van der Waals surface area contributed by atoms with Crippen molar-refractivity contribution >= 4 is 34.5 Å². The molecule has 182 valence electrons. The van der Waals surface area contributed by atoms with Gasteiger partial charge in [-0.1, -0.05) is 42.1 Å². The van der Waals surface area contributed by atoms with Gasteiger partial charge >= 0.3 is 5.97 Å². The second kappa shape index (κ2) is 10.7. The fourth-order valence-electron chi connectivity index (χ4n) is 4.04. The molecule has 0 saturated heterocycles. The number of aryl methyl sites for hydroxylation is 1. The number of hydrogen-bond donors (Lipinski definition) is 1. The van der Waals surface area contributed by atoms with E-state index in [1.807, 2.05) is 32.0 Å². The van der Waals surface area contributed by atoms with Gasteiger partial charge in [0.25, 0.3) is 0 Å². The number of fused-ring (bicyclic) bond motifs is 1. The molecule has 2 heterocycles. The van der Waals surface area contributed by atoms with Crippen molar-refractivity contribution in [1.82, 2.24) is 4.98 Å². The maximum absolute atomic E-state index is 12.8. The zero-order chi connectivity index (χ0) is 25.8. The lowest BCUT2D eigenvalue weighted by atomic mass is 9.96. The summed E-state index contributed by atoms with van der Waals surface area (Å²) in [5.74, 6) is -0.00537. The van der Waals surface area contributed by atoms with Crippen LogP contribution in [0, 0.1) is 25.2 Å². The molecule has 0 unspecified atom stereocenters. The Morgan fingerprint density at radius 2 is 1.92 bits per heavy atom. The largest absolute Gasteiger partial charge is 0.508 e. The maximum atomic E-state index is 12.8. The minimum absolute atomic E-state index is 0.00775. The number of hydrogen-bond acceptors (Lipinski definition) is 8. The van der Waals surface area contributed by atoms with Crippen molar-refractivity contribution in [2.45, 2.75) is 38.0 Å². The highest BCUT2D eigenvalue weighted by atomic mass is 32.2. The van der Waals surface area contributed by atoms with Crippen LogP contribution in [-0.2, 0) is 16.9 Å². The lowest BCUT2D eigenvalue weighted by Gasteiger charge is -2.14. The number of Topliss-reactive ketones (excluding diaryl/α,β-unsaturated/α-hetero) is 1.